The summed E-state index contributed by atoms with van der Waals surface area (Å²) in [5.74, 6) is -0.589. The van der Waals surface area contributed by atoms with Crippen molar-refractivity contribution >= 4 is 29.1 Å². The van der Waals surface area contributed by atoms with Crippen LogP contribution in [-0.2, 0) is 14.4 Å². The Balaban J connectivity index is 1.52. The van der Waals surface area contributed by atoms with Gasteiger partial charge in [0.05, 0.1) is 12.0 Å². The van der Waals surface area contributed by atoms with E-state index < -0.39 is 12.0 Å². The van der Waals surface area contributed by atoms with Crippen LogP contribution < -0.4 is 20.3 Å². The number of rotatable bonds is 8. The fourth-order valence-electron chi connectivity index (χ4n) is 3.64. The Kier molecular flexibility index (Phi) is 7.48. The molecular weight excluding hydrogens is 410 g/mol. The Morgan fingerprint density at radius 2 is 1.81 bits per heavy atom. The van der Waals surface area contributed by atoms with Gasteiger partial charge in [0.25, 0.3) is 5.91 Å². The van der Waals surface area contributed by atoms with E-state index in [1.54, 1.807) is 36.1 Å². The average Bonchev–Trinajstić information content (AvgIpc) is 3.12. The number of hydrogen-bond acceptors (Lipinski definition) is 5. The quantitative estimate of drug-likeness (QED) is 0.584. The van der Waals surface area contributed by atoms with Crippen LogP contribution in [0.5, 0.6) is 5.75 Å². The number of nitrogens with zero attached hydrogens (tertiary/aromatic N) is 1. The highest BCUT2D eigenvalue weighted by molar-refractivity contribution is 6.00. The van der Waals surface area contributed by atoms with Gasteiger partial charge in [0, 0.05) is 30.9 Å². The van der Waals surface area contributed by atoms with Crippen LogP contribution >= 0.6 is 0 Å². The molecule has 2 atom stereocenters. The third kappa shape index (κ3) is 6.31. The summed E-state index contributed by atoms with van der Waals surface area (Å²) in [4.78, 5) is 38.3. The lowest BCUT2D eigenvalue weighted by atomic mass is 10.1. The number of ether oxygens (including phenoxy) is 1. The minimum atomic E-state index is -0.636. The molecule has 170 valence electrons. The largest absolute Gasteiger partial charge is 0.484 e. The van der Waals surface area contributed by atoms with Crippen molar-refractivity contribution in [1.82, 2.24) is 5.32 Å². The Labute approximate surface area is 187 Å². The van der Waals surface area contributed by atoms with E-state index in [9.17, 15) is 19.5 Å². The predicted octanol–water partition coefficient (Wildman–Crippen LogP) is 2.17. The zero-order valence-electron chi connectivity index (χ0n) is 18.6. The van der Waals surface area contributed by atoms with Crippen LogP contribution in [-0.4, -0.2) is 48.6 Å². The van der Waals surface area contributed by atoms with E-state index in [2.05, 4.69) is 10.6 Å². The standard InChI is InChI=1S/C24H29N3O5/c1-15-8-16(2)10-19(9-15)26-22(29)14-32-21-6-4-20(5-7-21)27-13-18(11-23(27)30)24(31)25-12-17(3)28/h4-10,17-18,28H,11-14H2,1-3H3,(H,25,31)(H,26,29)/t17-,18+/m1/s1. The summed E-state index contributed by atoms with van der Waals surface area (Å²) in [5, 5.41) is 14.8. The van der Waals surface area contributed by atoms with Crippen LogP contribution in [0.15, 0.2) is 42.5 Å². The van der Waals surface area contributed by atoms with Crippen molar-refractivity contribution in [3.8, 4) is 5.75 Å². The first-order chi connectivity index (χ1) is 15.2. The summed E-state index contributed by atoms with van der Waals surface area (Å²) in [7, 11) is 0. The first kappa shape index (κ1) is 23.3. The normalized spacial score (nSPS) is 16.6. The Morgan fingerprint density at radius 3 is 2.44 bits per heavy atom. The van der Waals surface area contributed by atoms with Gasteiger partial charge in [-0.15, -0.1) is 0 Å². The van der Waals surface area contributed by atoms with Gasteiger partial charge in [0.15, 0.2) is 6.61 Å². The summed E-state index contributed by atoms with van der Waals surface area (Å²) >= 11 is 0. The van der Waals surface area contributed by atoms with Gasteiger partial charge < -0.3 is 25.4 Å². The summed E-state index contributed by atoms with van der Waals surface area (Å²) in [6.45, 7) is 5.82. The lowest BCUT2D eigenvalue weighted by Gasteiger charge is -2.17. The van der Waals surface area contributed by atoms with Gasteiger partial charge in [-0.05, 0) is 68.3 Å². The molecule has 0 saturated carbocycles. The molecule has 8 heteroatoms. The second-order valence-electron chi connectivity index (χ2n) is 8.21. The number of aryl methyl sites for hydroxylation is 2. The number of anilines is 2. The fraction of sp³-hybridized carbons (Fsp3) is 0.375. The van der Waals surface area contributed by atoms with Crippen molar-refractivity contribution in [2.45, 2.75) is 33.3 Å². The molecular formula is C24H29N3O5. The van der Waals surface area contributed by atoms with Crippen LogP contribution in [0.3, 0.4) is 0 Å². The molecule has 2 aromatic carbocycles. The van der Waals surface area contributed by atoms with Gasteiger partial charge in [-0.25, -0.2) is 0 Å². The monoisotopic (exact) mass is 439 g/mol. The summed E-state index contributed by atoms with van der Waals surface area (Å²) in [6, 6.07) is 12.6. The van der Waals surface area contributed by atoms with Gasteiger partial charge >= 0.3 is 0 Å². The zero-order valence-corrected chi connectivity index (χ0v) is 18.6. The third-order valence-electron chi connectivity index (χ3n) is 5.09. The molecule has 1 aliphatic rings. The molecule has 8 nitrogen and oxygen atoms in total. The number of aliphatic hydroxyl groups is 1. The number of nitrogens with one attached hydrogen (secondary N) is 2. The average molecular weight is 440 g/mol. The predicted molar refractivity (Wildman–Crippen MR) is 122 cm³/mol. The highest BCUT2D eigenvalue weighted by atomic mass is 16.5. The van der Waals surface area contributed by atoms with Crippen molar-refractivity contribution in [3.63, 3.8) is 0 Å². The van der Waals surface area contributed by atoms with Gasteiger partial charge in [-0.3, -0.25) is 14.4 Å². The lowest BCUT2D eigenvalue weighted by Crippen LogP contribution is -2.36. The van der Waals surface area contributed by atoms with Crippen LogP contribution in [0.25, 0.3) is 0 Å². The summed E-state index contributed by atoms with van der Waals surface area (Å²) in [6.07, 6.45) is -0.509. The first-order valence-electron chi connectivity index (χ1n) is 10.6. The van der Waals surface area contributed by atoms with Gasteiger partial charge in [0.1, 0.15) is 5.75 Å². The maximum absolute atomic E-state index is 12.4. The number of amides is 3. The Hall–Kier alpha value is -3.39. The van der Waals surface area contributed by atoms with Crippen LogP contribution in [0.4, 0.5) is 11.4 Å². The van der Waals surface area contributed by atoms with Crippen LogP contribution in [0.2, 0.25) is 0 Å². The molecule has 0 spiro atoms. The van der Waals surface area contributed by atoms with Crippen molar-refractivity contribution in [2.24, 2.45) is 5.92 Å². The van der Waals surface area contributed by atoms with Crippen molar-refractivity contribution in [1.29, 1.82) is 0 Å². The molecule has 32 heavy (non-hydrogen) atoms. The molecule has 1 saturated heterocycles. The Bertz CT molecular complexity index is 967. The zero-order chi connectivity index (χ0) is 23.3. The second-order valence-corrected chi connectivity index (χ2v) is 8.21. The number of aliphatic hydroxyl groups excluding tert-OH is 1. The van der Waals surface area contributed by atoms with Crippen molar-refractivity contribution in [3.05, 3.63) is 53.6 Å². The molecule has 0 radical (unpaired) electrons. The van der Waals surface area contributed by atoms with Crippen LogP contribution in [0, 0.1) is 19.8 Å². The number of hydrogen-bond donors (Lipinski definition) is 3. The van der Waals surface area contributed by atoms with Crippen molar-refractivity contribution in [2.75, 3.05) is 29.9 Å². The SMILES string of the molecule is Cc1cc(C)cc(NC(=O)COc2ccc(N3C[C@@H](C(=O)NC[C@@H](C)O)CC3=O)cc2)c1. The lowest BCUT2D eigenvalue weighted by molar-refractivity contribution is -0.126. The number of carbonyl (C=O) groups is 3. The molecule has 0 unspecified atom stereocenters. The molecule has 3 rings (SSSR count). The highest BCUT2D eigenvalue weighted by Gasteiger charge is 2.35. The maximum atomic E-state index is 12.4. The molecule has 1 aliphatic heterocycles. The number of carbonyl (C=O) groups excluding carboxylic acids is 3. The molecule has 0 bridgehead atoms. The smallest absolute Gasteiger partial charge is 0.262 e. The first-order valence-corrected chi connectivity index (χ1v) is 10.6. The van der Waals surface area contributed by atoms with Crippen LogP contribution in [0.1, 0.15) is 24.5 Å². The number of benzene rings is 2. The maximum Gasteiger partial charge on any atom is 0.262 e. The van der Waals surface area contributed by atoms with Gasteiger partial charge in [-0.1, -0.05) is 6.07 Å². The molecule has 3 amide bonds. The van der Waals surface area contributed by atoms with E-state index in [1.807, 2.05) is 32.0 Å². The van der Waals surface area contributed by atoms with Crippen molar-refractivity contribution < 1.29 is 24.2 Å². The van der Waals surface area contributed by atoms with Gasteiger partial charge in [0.2, 0.25) is 11.8 Å². The summed E-state index contributed by atoms with van der Waals surface area (Å²) < 4.78 is 5.56. The second kappa shape index (κ2) is 10.3. The summed E-state index contributed by atoms with van der Waals surface area (Å²) in [5.41, 5.74) is 3.52. The Morgan fingerprint density at radius 1 is 1.16 bits per heavy atom. The molecule has 2 aromatic rings. The molecule has 1 heterocycles. The minimum Gasteiger partial charge on any atom is -0.484 e. The van der Waals surface area contributed by atoms with Gasteiger partial charge in [-0.2, -0.15) is 0 Å². The topological polar surface area (TPSA) is 108 Å². The van der Waals surface area contributed by atoms with E-state index in [-0.39, 0.29) is 43.8 Å². The molecule has 3 N–H and O–H groups in total. The molecule has 1 fully saturated rings. The molecule has 0 aliphatic carbocycles. The van der Waals surface area contributed by atoms with E-state index in [0.29, 0.717) is 11.4 Å². The highest BCUT2D eigenvalue weighted by Crippen LogP contribution is 2.27. The molecule has 0 aromatic heterocycles. The van der Waals surface area contributed by atoms with E-state index >= 15 is 0 Å². The third-order valence-corrected chi connectivity index (χ3v) is 5.09. The van der Waals surface area contributed by atoms with E-state index in [0.717, 1.165) is 16.8 Å². The minimum absolute atomic E-state index is 0.127. The van der Waals surface area contributed by atoms with E-state index in [1.165, 1.54) is 0 Å². The van der Waals surface area contributed by atoms with E-state index in [4.69, 9.17) is 4.74 Å². The fourth-order valence-corrected chi connectivity index (χ4v) is 3.64.